The Morgan fingerprint density at radius 3 is 2.92 bits per heavy atom. The second kappa shape index (κ2) is 3.57. The van der Waals surface area contributed by atoms with Crippen LogP contribution in [0.3, 0.4) is 0 Å². The maximum atomic E-state index is 11.1. The fraction of sp³-hybridized carbons (Fsp3) is 0.667. The maximum absolute atomic E-state index is 11.1. The van der Waals surface area contributed by atoms with E-state index in [1.807, 2.05) is 29.7 Å². The Balaban J connectivity index is 1.89. The highest BCUT2D eigenvalue weighted by molar-refractivity contribution is 8.20. The first-order valence-corrected chi connectivity index (χ1v) is 5.86. The molecule has 66 valence electrons. The molecule has 0 spiro atoms. The topological polar surface area (TPSA) is 44.1 Å². The Morgan fingerprint density at radius 2 is 2.33 bits per heavy atom. The number of hydrogen-bond acceptors (Lipinski definition) is 4. The Bertz CT molecular complexity index is 225. The molecule has 0 aromatic carbocycles. The molecule has 6 heteroatoms. The molecule has 0 saturated carbocycles. The first kappa shape index (κ1) is 8.25. The molecule has 4 nitrogen and oxygen atoms in total. The van der Waals surface area contributed by atoms with E-state index in [1.165, 1.54) is 4.68 Å². The Kier molecular flexibility index (Phi) is 2.45. The van der Waals surface area contributed by atoms with Gasteiger partial charge in [-0.25, -0.2) is 10.7 Å². The van der Waals surface area contributed by atoms with Crippen LogP contribution in [0, 0.1) is 0 Å². The minimum Gasteiger partial charge on any atom is -0.230 e. The third-order valence-corrected chi connectivity index (χ3v) is 4.38. The summed E-state index contributed by atoms with van der Waals surface area (Å²) >= 11 is 3.68. The van der Waals surface area contributed by atoms with E-state index in [-0.39, 0.29) is 6.03 Å². The lowest BCUT2D eigenvalue weighted by molar-refractivity contribution is -0.482. The number of hydrazine groups is 1. The molecule has 0 bridgehead atoms. The largest absolute Gasteiger partial charge is 0.514 e. The molecule has 0 unspecified atom stereocenters. The van der Waals surface area contributed by atoms with Crippen molar-refractivity contribution in [3.05, 3.63) is 0 Å². The molecule has 2 aliphatic rings. The molecule has 2 heterocycles. The van der Waals surface area contributed by atoms with E-state index >= 15 is 0 Å². The van der Waals surface area contributed by atoms with Crippen LogP contribution in [-0.4, -0.2) is 39.7 Å². The van der Waals surface area contributed by atoms with Gasteiger partial charge in [-0.2, -0.15) is 4.79 Å². The standard InChI is InChI=1S/C6H9N3OS2/c10-5-7-1-2-9(5)8-6-11-3-4-12-6/h2,6,8H,1,3-4H2/p+1. The van der Waals surface area contributed by atoms with E-state index in [9.17, 15) is 4.79 Å². The number of nitrogens with zero attached hydrogens (tertiary/aromatic N) is 1. The van der Waals surface area contributed by atoms with Gasteiger partial charge >= 0.3 is 6.03 Å². The normalized spacial score (nSPS) is 24.0. The van der Waals surface area contributed by atoms with Gasteiger partial charge in [0.25, 0.3) is 0 Å². The van der Waals surface area contributed by atoms with Gasteiger partial charge in [-0.1, -0.05) is 4.68 Å². The van der Waals surface area contributed by atoms with Crippen LogP contribution in [0.2, 0.25) is 0 Å². The van der Waals surface area contributed by atoms with Gasteiger partial charge < -0.3 is 0 Å². The lowest BCUT2D eigenvalue weighted by Gasteiger charge is -2.07. The minimum atomic E-state index is -0.0527. The van der Waals surface area contributed by atoms with Crippen molar-refractivity contribution >= 4 is 35.8 Å². The van der Waals surface area contributed by atoms with Gasteiger partial charge in [-0.3, -0.25) is 0 Å². The van der Waals surface area contributed by atoms with Crippen LogP contribution in [0.15, 0.2) is 0 Å². The summed E-state index contributed by atoms with van der Waals surface area (Å²) in [6, 6.07) is -0.0527. The van der Waals surface area contributed by atoms with E-state index < -0.39 is 0 Å². The molecule has 0 atom stereocenters. The van der Waals surface area contributed by atoms with Crippen molar-refractivity contribution in [3.63, 3.8) is 0 Å². The fourth-order valence-electron chi connectivity index (χ4n) is 1.05. The molecular weight excluding hydrogens is 194 g/mol. The lowest BCUT2D eigenvalue weighted by atomic mass is 10.8. The van der Waals surface area contributed by atoms with Crippen molar-refractivity contribution in [1.29, 1.82) is 0 Å². The molecule has 1 saturated heterocycles. The van der Waals surface area contributed by atoms with Crippen molar-refractivity contribution in [2.45, 2.75) is 4.71 Å². The Morgan fingerprint density at radius 1 is 1.58 bits per heavy atom. The summed E-state index contributed by atoms with van der Waals surface area (Å²) in [6.07, 6.45) is 1.82. The van der Waals surface area contributed by atoms with E-state index in [0.717, 1.165) is 11.5 Å². The molecule has 0 radical (unpaired) electrons. The number of rotatable bonds is 2. The predicted molar refractivity (Wildman–Crippen MR) is 51.6 cm³/mol. The average Bonchev–Trinajstić information content (AvgIpc) is 2.65. The van der Waals surface area contributed by atoms with Gasteiger partial charge in [0, 0.05) is 11.5 Å². The zero-order valence-electron chi connectivity index (χ0n) is 6.45. The fourth-order valence-corrected chi connectivity index (χ4v) is 3.59. The molecule has 0 aliphatic carbocycles. The Labute approximate surface area is 79.1 Å². The first-order chi connectivity index (χ1) is 5.86. The van der Waals surface area contributed by atoms with Gasteiger partial charge in [0.05, 0.1) is 0 Å². The molecule has 0 aromatic heterocycles. The van der Waals surface area contributed by atoms with Crippen molar-refractivity contribution in [1.82, 2.24) is 10.7 Å². The van der Waals surface area contributed by atoms with Crippen LogP contribution in [0.4, 0.5) is 4.79 Å². The number of thioether (sulfide) groups is 2. The minimum absolute atomic E-state index is 0.0527. The zero-order chi connectivity index (χ0) is 8.39. The summed E-state index contributed by atoms with van der Waals surface area (Å²) in [7, 11) is 0. The number of urea groups is 1. The van der Waals surface area contributed by atoms with Crippen molar-refractivity contribution in [3.8, 4) is 0 Å². The van der Waals surface area contributed by atoms with Gasteiger partial charge in [0.2, 0.25) is 0 Å². The molecule has 2 amide bonds. The summed E-state index contributed by atoms with van der Waals surface area (Å²) in [5, 5.41) is 2.69. The molecule has 0 aromatic rings. The van der Waals surface area contributed by atoms with Crippen LogP contribution in [0.25, 0.3) is 0 Å². The lowest BCUT2D eigenvalue weighted by Crippen LogP contribution is -2.38. The summed E-state index contributed by atoms with van der Waals surface area (Å²) < 4.78 is 1.88. The number of amides is 2. The molecule has 12 heavy (non-hydrogen) atoms. The third kappa shape index (κ3) is 1.69. The number of nitrogens with one attached hydrogen (secondary N) is 2. The van der Waals surface area contributed by atoms with E-state index in [0.29, 0.717) is 11.3 Å². The number of hydrogen-bond donors (Lipinski definition) is 2. The van der Waals surface area contributed by atoms with E-state index in [4.69, 9.17) is 0 Å². The van der Waals surface area contributed by atoms with E-state index in [1.54, 1.807) is 0 Å². The monoisotopic (exact) mass is 204 g/mol. The van der Waals surface area contributed by atoms with Crippen LogP contribution < -0.4 is 10.7 Å². The highest BCUT2D eigenvalue weighted by atomic mass is 32.2. The second-order valence-corrected chi connectivity index (χ2v) is 5.17. The summed E-state index contributed by atoms with van der Waals surface area (Å²) in [6.45, 7) is 0.633. The molecule has 1 fully saturated rings. The molecule has 2 aliphatic heterocycles. The maximum Gasteiger partial charge on any atom is 0.514 e. The van der Waals surface area contributed by atoms with Crippen LogP contribution in [0.1, 0.15) is 0 Å². The SMILES string of the molecule is O=C1NCC=[N+]1NC1SCCS1. The van der Waals surface area contributed by atoms with Crippen molar-refractivity contribution in [2.75, 3.05) is 18.1 Å². The van der Waals surface area contributed by atoms with Gasteiger partial charge in [-0.15, -0.1) is 23.5 Å². The molecule has 2 rings (SSSR count). The second-order valence-electron chi connectivity index (χ2n) is 2.44. The van der Waals surface area contributed by atoms with Crippen molar-refractivity contribution in [2.24, 2.45) is 0 Å². The Hall–Kier alpha value is -0.360. The van der Waals surface area contributed by atoms with Crippen LogP contribution >= 0.6 is 23.5 Å². The summed E-state index contributed by atoms with van der Waals surface area (Å²) in [5.41, 5.74) is 3.12. The third-order valence-electron chi connectivity index (χ3n) is 1.61. The highest BCUT2D eigenvalue weighted by Crippen LogP contribution is 2.29. The van der Waals surface area contributed by atoms with Gasteiger partial charge in [-0.05, 0) is 0 Å². The van der Waals surface area contributed by atoms with Crippen LogP contribution in [-0.2, 0) is 0 Å². The summed E-state index contributed by atoms with van der Waals surface area (Å²) in [4.78, 5) is 11.1. The van der Waals surface area contributed by atoms with Crippen LogP contribution in [0.5, 0.6) is 0 Å². The summed E-state index contributed by atoms with van der Waals surface area (Å²) in [5.74, 6) is 2.33. The molecular formula is C6H10N3OS2+. The van der Waals surface area contributed by atoms with E-state index in [2.05, 4.69) is 10.7 Å². The van der Waals surface area contributed by atoms with Gasteiger partial charge in [0.1, 0.15) is 12.8 Å². The number of carbonyl (C=O) groups excluding carboxylic acids is 1. The predicted octanol–water partition coefficient (Wildman–Crippen LogP) is 0.0611. The molecule has 2 N–H and O–H groups in total. The van der Waals surface area contributed by atoms with Gasteiger partial charge in [0.15, 0.2) is 4.71 Å². The van der Waals surface area contributed by atoms with Crippen molar-refractivity contribution < 1.29 is 9.48 Å². The number of hydrazone groups is 1. The first-order valence-electron chi connectivity index (χ1n) is 3.76. The smallest absolute Gasteiger partial charge is 0.230 e. The highest BCUT2D eigenvalue weighted by Gasteiger charge is 2.26. The zero-order valence-corrected chi connectivity index (χ0v) is 8.08. The number of carbonyl (C=O) groups is 1. The quantitative estimate of drug-likeness (QED) is 0.624. The average molecular weight is 204 g/mol.